The van der Waals surface area contributed by atoms with Gasteiger partial charge in [-0.15, -0.1) is 0 Å². The Hall–Kier alpha value is -3.02. The lowest BCUT2D eigenvalue weighted by Gasteiger charge is -2.34. The molecule has 1 saturated carbocycles. The van der Waals surface area contributed by atoms with Crippen molar-refractivity contribution in [3.63, 3.8) is 0 Å². The van der Waals surface area contributed by atoms with Gasteiger partial charge in [0.1, 0.15) is 0 Å². The van der Waals surface area contributed by atoms with Gasteiger partial charge in [-0.1, -0.05) is 86.5 Å². The van der Waals surface area contributed by atoms with Crippen LogP contribution in [0.15, 0.2) is 82.6 Å². The van der Waals surface area contributed by atoms with Gasteiger partial charge >= 0.3 is 0 Å². The zero-order valence-corrected chi connectivity index (χ0v) is 22.7. The van der Waals surface area contributed by atoms with Gasteiger partial charge in [0.15, 0.2) is 0 Å². The number of hydrogen-bond donors (Lipinski definition) is 1. The summed E-state index contributed by atoms with van der Waals surface area (Å²) in [6.45, 7) is 4.94. The second kappa shape index (κ2) is 11.2. The Kier molecular flexibility index (Phi) is 7.73. The van der Waals surface area contributed by atoms with Crippen molar-refractivity contribution in [3.8, 4) is 0 Å². The zero-order valence-electron chi connectivity index (χ0n) is 21.1. The summed E-state index contributed by atoms with van der Waals surface area (Å²) in [6.07, 6.45) is 5.33. The summed E-state index contributed by atoms with van der Waals surface area (Å²) in [7, 11) is 0. The van der Waals surface area contributed by atoms with Crippen LogP contribution in [0.3, 0.4) is 0 Å². The maximum Gasteiger partial charge on any atom is 0.265 e. The molecule has 0 radical (unpaired) electrons. The fraction of sp³-hybridized carbons (Fsp3) is 0.290. The van der Waals surface area contributed by atoms with Crippen molar-refractivity contribution in [3.05, 3.63) is 99.4 Å². The predicted molar refractivity (Wildman–Crippen MR) is 153 cm³/mol. The van der Waals surface area contributed by atoms with E-state index in [2.05, 4.69) is 19.2 Å². The molecule has 3 unspecified atom stereocenters. The van der Waals surface area contributed by atoms with Crippen molar-refractivity contribution in [1.29, 1.82) is 0 Å². The molecule has 0 saturated heterocycles. The Morgan fingerprint density at radius 1 is 1.05 bits per heavy atom. The molecule has 190 valence electrons. The number of nitrogens with zero attached hydrogens (tertiary/aromatic N) is 1. The van der Waals surface area contributed by atoms with Crippen molar-refractivity contribution < 1.29 is 9.59 Å². The van der Waals surface area contributed by atoms with Crippen LogP contribution in [-0.4, -0.2) is 17.9 Å². The topological polar surface area (TPSA) is 49.4 Å². The van der Waals surface area contributed by atoms with Crippen LogP contribution >= 0.6 is 23.4 Å². The number of rotatable bonds is 5. The van der Waals surface area contributed by atoms with Crippen molar-refractivity contribution in [2.75, 3.05) is 4.90 Å². The molecule has 1 N–H and O–H groups in total. The molecule has 3 aromatic rings. The van der Waals surface area contributed by atoms with E-state index < -0.39 is 0 Å². The minimum absolute atomic E-state index is 0.0325. The lowest BCUT2D eigenvalue weighted by atomic mass is 9.78. The molecule has 4 nitrogen and oxygen atoms in total. The van der Waals surface area contributed by atoms with E-state index >= 15 is 0 Å². The molecule has 2 amide bonds. The van der Waals surface area contributed by atoms with Gasteiger partial charge in [0.2, 0.25) is 0 Å². The van der Waals surface area contributed by atoms with Gasteiger partial charge in [0.05, 0.1) is 17.1 Å². The summed E-state index contributed by atoms with van der Waals surface area (Å²) in [5.41, 5.74) is 3.39. The molecule has 1 fully saturated rings. The number of fused-ring (bicyclic) bond motifs is 1. The summed E-state index contributed by atoms with van der Waals surface area (Å²) in [4.78, 5) is 29.9. The van der Waals surface area contributed by atoms with Crippen LogP contribution in [0.5, 0.6) is 0 Å². The van der Waals surface area contributed by atoms with Gasteiger partial charge in [0.25, 0.3) is 11.8 Å². The molecule has 2 aliphatic rings. The van der Waals surface area contributed by atoms with Crippen LogP contribution in [0.4, 0.5) is 5.69 Å². The molecule has 0 bridgehead atoms. The van der Waals surface area contributed by atoms with Gasteiger partial charge in [-0.3, -0.25) is 9.59 Å². The first kappa shape index (κ1) is 25.6. The van der Waals surface area contributed by atoms with Gasteiger partial charge in [-0.2, -0.15) is 0 Å². The third kappa shape index (κ3) is 5.78. The number of nitrogens with one attached hydrogen (secondary N) is 1. The van der Waals surface area contributed by atoms with Crippen molar-refractivity contribution in [2.45, 2.75) is 50.6 Å². The number of carbonyl (C=O) groups is 2. The van der Waals surface area contributed by atoms with Crippen LogP contribution in [0.2, 0.25) is 5.02 Å². The smallest absolute Gasteiger partial charge is 0.265 e. The normalized spacial score (nSPS) is 22.6. The third-order valence-corrected chi connectivity index (χ3v) is 8.87. The van der Waals surface area contributed by atoms with E-state index in [-0.39, 0.29) is 17.9 Å². The Labute approximate surface area is 228 Å². The molecule has 1 aliphatic carbocycles. The minimum Gasteiger partial charge on any atom is -0.349 e. The van der Waals surface area contributed by atoms with E-state index in [0.29, 0.717) is 33.9 Å². The highest BCUT2D eigenvalue weighted by Crippen LogP contribution is 2.42. The highest BCUT2D eigenvalue weighted by atomic mass is 35.5. The largest absolute Gasteiger partial charge is 0.349 e. The first-order valence-corrected chi connectivity index (χ1v) is 14.0. The molecule has 6 heteroatoms. The summed E-state index contributed by atoms with van der Waals surface area (Å²) in [5.74, 6) is 1.02. The van der Waals surface area contributed by atoms with Gasteiger partial charge in [-0.25, -0.2) is 0 Å². The lowest BCUT2D eigenvalue weighted by molar-refractivity contribution is -0.114. The van der Waals surface area contributed by atoms with Crippen LogP contribution in [-0.2, 0) is 11.3 Å². The summed E-state index contributed by atoms with van der Waals surface area (Å²) in [6, 6.07) is 23.3. The summed E-state index contributed by atoms with van der Waals surface area (Å²) >= 11 is 7.67. The Morgan fingerprint density at radius 3 is 2.62 bits per heavy atom. The van der Waals surface area contributed by atoms with Crippen LogP contribution in [0.25, 0.3) is 6.08 Å². The molecule has 1 heterocycles. The average molecular weight is 531 g/mol. The van der Waals surface area contributed by atoms with Gasteiger partial charge < -0.3 is 10.2 Å². The first-order valence-electron chi connectivity index (χ1n) is 12.8. The van der Waals surface area contributed by atoms with Crippen molar-refractivity contribution in [1.82, 2.24) is 5.32 Å². The van der Waals surface area contributed by atoms with E-state index in [1.165, 1.54) is 18.2 Å². The van der Waals surface area contributed by atoms with Crippen LogP contribution < -0.4 is 10.2 Å². The molecule has 3 aromatic carbocycles. The monoisotopic (exact) mass is 530 g/mol. The van der Waals surface area contributed by atoms with E-state index in [4.69, 9.17) is 11.6 Å². The second-order valence-corrected chi connectivity index (χ2v) is 11.6. The van der Waals surface area contributed by atoms with E-state index in [0.717, 1.165) is 34.6 Å². The SMILES string of the molecule is CC1CCCC(NC(=O)c2ccc(/C=C3/Sc4ccccc4N(Cc4cccc(Cl)c4)C3=O)cc2)C1C. The molecule has 0 spiro atoms. The second-order valence-electron chi connectivity index (χ2n) is 10.1. The lowest BCUT2D eigenvalue weighted by Crippen LogP contribution is -2.43. The van der Waals surface area contributed by atoms with Gasteiger partial charge in [0, 0.05) is 21.5 Å². The number of thioether (sulfide) groups is 1. The van der Waals surface area contributed by atoms with E-state index in [1.54, 1.807) is 4.90 Å². The molecular formula is C31H31ClN2O2S. The maximum absolute atomic E-state index is 13.6. The van der Waals surface area contributed by atoms with Crippen molar-refractivity contribution >= 4 is 46.9 Å². The fourth-order valence-corrected chi connectivity index (χ4v) is 6.43. The standard InChI is InChI=1S/C31H31ClN2O2S/c1-20-7-5-10-26(21(20)2)33-30(35)24-15-13-22(14-16-24)18-29-31(36)34(19-23-8-6-9-25(32)17-23)27-11-3-4-12-28(27)37-29/h3-4,6,8-9,11-18,20-21,26H,5,7,10,19H2,1-2H3,(H,33,35)/b29-18+. The maximum atomic E-state index is 13.6. The number of para-hydroxylation sites is 1. The predicted octanol–water partition coefficient (Wildman–Crippen LogP) is 7.57. The molecular weight excluding hydrogens is 500 g/mol. The highest BCUT2D eigenvalue weighted by Gasteiger charge is 2.30. The zero-order chi connectivity index (χ0) is 25.9. The van der Waals surface area contributed by atoms with E-state index in [9.17, 15) is 9.59 Å². The summed E-state index contributed by atoms with van der Waals surface area (Å²) in [5, 5.41) is 3.89. The Balaban J connectivity index is 1.34. The minimum atomic E-state index is -0.0501. The van der Waals surface area contributed by atoms with E-state index in [1.807, 2.05) is 78.9 Å². The Bertz CT molecular complexity index is 1340. The van der Waals surface area contributed by atoms with Crippen LogP contribution in [0, 0.1) is 11.8 Å². The highest BCUT2D eigenvalue weighted by molar-refractivity contribution is 8.04. The number of hydrogen-bond acceptors (Lipinski definition) is 3. The quantitative estimate of drug-likeness (QED) is 0.346. The molecule has 37 heavy (non-hydrogen) atoms. The summed E-state index contributed by atoms with van der Waals surface area (Å²) < 4.78 is 0. The third-order valence-electron chi connectivity index (χ3n) is 7.56. The first-order chi connectivity index (χ1) is 17.9. The van der Waals surface area contributed by atoms with Crippen molar-refractivity contribution in [2.24, 2.45) is 11.8 Å². The Morgan fingerprint density at radius 2 is 1.84 bits per heavy atom. The number of halogens is 1. The molecule has 3 atom stereocenters. The molecule has 5 rings (SSSR count). The number of carbonyl (C=O) groups excluding carboxylic acids is 2. The van der Waals surface area contributed by atoms with Crippen LogP contribution in [0.1, 0.15) is 54.6 Å². The van der Waals surface area contributed by atoms with Gasteiger partial charge in [-0.05, 0) is 71.9 Å². The molecule has 1 aliphatic heterocycles. The molecule has 0 aromatic heterocycles. The number of amides is 2. The number of anilines is 1. The fourth-order valence-electron chi connectivity index (χ4n) is 5.16. The average Bonchev–Trinajstić information content (AvgIpc) is 2.89. The number of benzene rings is 3.